The molecule has 1 fully saturated rings. The number of carbonyl (C=O) groups is 1. The van der Waals surface area contributed by atoms with Crippen molar-refractivity contribution < 1.29 is 9.18 Å². The number of benzene rings is 1. The third-order valence-corrected chi connectivity index (χ3v) is 3.72. The number of nitrogens with zero attached hydrogens (tertiary/aromatic N) is 3. The van der Waals surface area contributed by atoms with Crippen LogP contribution in [0.4, 0.5) is 10.1 Å². The Bertz CT molecular complexity index is 574. The molecule has 2 N–H and O–H groups in total. The van der Waals surface area contributed by atoms with Crippen LogP contribution in [0.15, 0.2) is 12.1 Å². The van der Waals surface area contributed by atoms with Crippen LogP contribution in [-0.4, -0.2) is 43.5 Å². The van der Waals surface area contributed by atoms with Gasteiger partial charge in [-0.05, 0) is 18.6 Å². The zero-order chi connectivity index (χ0) is 15.4. The second kappa shape index (κ2) is 6.55. The van der Waals surface area contributed by atoms with Crippen molar-refractivity contribution in [3.05, 3.63) is 40.5 Å². The molecule has 0 radical (unpaired) electrons. The van der Waals surface area contributed by atoms with Gasteiger partial charge in [-0.15, -0.1) is 0 Å². The van der Waals surface area contributed by atoms with Crippen LogP contribution in [0, 0.1) is 19.3 Å². The molecule has 21 heavy (non-hydrogen) atoms. The summed E-state index contributed by atoms with van der Waals surface area (Å²) in [6.07, 6.45) is 0. The number of hydrogen-bond donors (Lipinski definition) is 1. The van der Waals surface area contributed by atoms with E-state index < -0.39 is 0 Å². The highest BCUT2D eigenvalue weighted by Gasteiger charge is 2.23. The van der Waals surface area contributed by atoms with Gasteiger partial charge in [-0.2, -0.15) is 0 Å². The summed E-state index contributed by atoms with van der Waals surface area (Å²) in [6, 6.07) is 3.53. The molecular weight excluding hydrogens is 271 g/mol. The first kappa shape index (κ1) is 15.3. The number of primary amides is 1. The monoisotopic (exact) mass is 290 g/mol. The average Bonchev–Trinajstić information content (AvgIpc) is 2.43. The van der Waals surface area contributed by atoms with Crippen molar-refractivity contribution in [3.63, 3.8) is 0 Å². The molecule has 1 aliphatic heterocycles. The van der Waals surface area contributed by atoms with Crippen LogP contribution < -0.4 is 10.6 Å². The van der Waals surface area contributed by atoms with Crippen LogP contribution in [0.25, 0.3) is 4.85 Å². The van der Waals surface area contributed by atoms with Crippen LogP contribution in [-0.2, 0) is 11.3 Å². The maximum Gasteiger partial charge on any atom is 0.242 e. The molecule has 0 atom stereocenters. The normalized spacial score (nSPS) is 15.8. The van der Waals surface area contributed by atoms with Gasteiger partial charge < -0.3 is 15.5 Å². The predicted octanol–water partition coefficient (Wildman–Crippen LogP) is 1.16. The lowest BCUT2D eigenvalue weighted by Gasteiger charge is -2.36. The molecule has 1 amide bonds. The van der Waals surface area contributed by atoms with E-state index in [4.69, 9.17) is 12.3 Å². The van der Waals surface area contributed by atoms with Crippen molar-refractivity contribution in [2.45, 2.75) is 13.5 Å². The fourth-order valence-electron chi connectivity index (χ4n) is 2.65. The van der Waals surface area contributed by atoms with Gasteiger partial charge in [0.05, 0.1) is 17.8 Å². The highest BCUT2D eigenvalue weighted by atomic mass is 19.1. The zero-order valence-corrected chi connectivity index (χ0v) is 12.1. The van der Waals surface area contributed by atoms with Gasteiger partial charge >= 0.3 is 0 Å². The van der Waals surface area contributed by atoms with Crippen molar-refractivity contribution in [2.24, 2.45) is 5.73 Å². The molecule has 0 spiro atoms. The molecule has 0 unspecified atom stereocenters. The SMILES string of the molecule is [C-]#[N+]Cc1ccc(C)c(N2CCN(CC(N)=O)CC2)c1F. The molecule has 1 aromatic carbocycles. The predicted molar refractivity (Wildman–Crippen MR) is 79.3 cm³/mol. The van der Waals surface area contributed by atoms with E-state index in [-0.39, 0.29) is 24.8 Å². The second-order valence-corrected chi connectivity index (χ2v) is 5.25. The summed E-state index contributed by atoms with van der Waals surface area (Å²) in [6.45, 7) is 11.7. The molecule has 1 heterocycles. The third kappa shape index (κ3) is 3.50. The van der Waals surface area contributed by atoms with E-state index in [2.05, 4.69) is 4.85 Å². The minimum absolute atomic E-state index is 0.0563. The number of halogens is 1. The van der Waals surface area contributed by atoms with Crippen LogP contribution in [0.1, 0.15) is 11.1 Å². The topological polar surface area (TPSA) is 53.9 Å². The molecule has 6 heteroatoms. The van der Waals surface area contributed by atoms with E-state index in [0.717, 1.165) is 5.56 Å². The van der Waals surface area contributed by atoms with Gasteiger partial charge in [0.25, 0.3) is 0 Å². The highest BCUT2D eigenvalue weighted by molar-refractivity contribution is 5.76. The summed E-state index contributed by atoms with van der Waals surface area (Å²) in [5.41, 5.74) is 7.07. The summed E-state index contributed by atoms with van der Waals surface area (Å²) in [4.78, 5) is 18.1. The minimum Gasteiger partial charge on any atom is -0.369 e. The maximum atomic E-state index is 14.5. The Kier molecular flexibility index (Phi) is 4.76. The lowest BCUT2D eigenvalue weighted by molar-refractivity contribution is -0.119. The Balaban J connectivity index is 2.15. The molecule has 1 aliphatic rings. The van der Waals surface area contributed by atoms with Gasteiger partial charge in [0.15, 0.2) is 5.82 Å². The second-order valence-electron chi connectivity index (χ2n) is 5.25. The summed E-state index contributed by atoms with van der Waals surface area (Å²) in [5.74, 6) is -0.640. The van der Waals surface area contributed by atoms with Crippen molar-refractivity contribution in [1.82, 2.24) is 4.90 Å². The van der Waals surface area contributed by atoms with Gasteiger partial charge in [0, 0.05) is 26.2 Å². The number of nitrogens with two attached hydrogens (primary N) is 1. The number of carbonyl (C=O) groups excluding carboxylic acids is 1. The number of amides is 1. The number of piperazine rings is 1. The molecule has 5 nitrogen and oxygen atoms in total. The van der Waals surface area contributed by atoms with Gasteiger partial charge in [-0.1, -0.05) is 6.07 Å². The van der Waals surface area contributed by atoms with Gasteiger partial charge in [0.1, 0.15) is 0 Å². The van der Waals surface area contributed by atoms with Crippen LogP contribution in [0.5, 0.6) is 0 Å². The van der Waals surface area contributed by atoms with Crippen LogP contribution in [0.2, 0.25) is 0 Å². The quantitative estimate of drug-likeness (QED) is 0.847. The first-order valence-electron chi connectivity index (χ1n) is 6.89. The van der Waals surface area contributed by atoms with Crippen LogP contribution in [0.3, 0.4) is 0 Å². The van der Waals surface area contributed by atoms with Crippen molar-refractivity contribution >= 4 is 11.6 Å². The fraction of sp³-hybridized carbons (Fsp3) is 0.467. The van der Waals surface area contributed by atoms with Gasteiger partial charge in [-0.3, -0.25) is 9.69 Å². The Morgan fingerprint density at radius 2 is 2.05 bits per heavy atom. The lowest BCUT2D eigenvalue weighted by Crippen LogP contribution is -2.49. The first-order chi connectivity index (χ1) is 10.0. The Labute approximate surface area is 123 Å². The molecule has 2 rings (SSSR count). The van der Waals surface area contributed by atoms with Gasteiger partial charge in [-0.25, -0.2) is 11.0 Å². The average molecular weight is 290 g/mol. The largest absolute Gasteiger partial charge is 0.369 e. The fourth-order valence-corrected chi connectivity index (χ4v) is 2.65. The standard InChI is InChI=1S/C15H19FN4O/c1-11-3-4-12(9-18-2)14(16)15(11)20-7-5-19(6-8-20)10-13(17)21/h3-4H,5-10H2,1H3,(H2,17,21). The summed E-state index contributed by atoms with van der Waals surface area (Å²) in [5, 5.41) is 0. The molecule has 0 aromatic heterocycles. The van der Waals surface area contributed by atoms with E-state index in [1.165, 1.54) is 0 Å². The van der Waals surface area contributed by atoms with E-state index in [1.54, 1.807) is 6.07 Å². The summed E-state index contributed by atoms with van der Waals surface area (Å²) < 4.78 is 14.5. The number of rotatable bonds is 4. The highest BCUT2D eigenvalue weighted by Crippen LogP contribution is 2.28. The van der Waals surface area contributed by atoms with Crippen molar-refractivity contribution in [1.29, 1.82) is 0 Å². The van der Waals surface area contributed by atoms with E-state index in [1.807, 2.05) is 22.8 Å². The van der Waals surface area contributed by atoms with Crippen molar-refractivity contribution in [2.75, 3.05) is 37.6 Å². The molecular formula is C15H19FN4O. The molecule has 1 aromatic rings. The number of anilines is 1. The zero-order valence-electron chi connectivity index (χ0n) is 12.1. The lowest BCUT2D eigenvalue weighted by atomic mass is 10.1. The summed E-state index contributed by atoms with van der Waals surface area (Å²) in [7, 11) is 0. The molecule has 1 saturated heterocycles. The van der Waals surface area contributed by atoms with E-state index >= 15 is 0 Å². The number of aryl methyl sites for hydroxylation is 1. The summed E-state index contributed by atoms with van der Waals surface area (Å²) >= 11 is 0. The molecule has 0 bridgehead atoms. The third-order valence-electron chi connectivity index (χ3n) is 3.72. The Morgan fingerprint density at radius 1 is 1.38 bits per heavy atom. The Morgan fingerprint density at radius 3 is 2.62 bits per heavy atom. The molecule has 0 saturated carbocycles. The van der Waals surface area contributed by atoms with Crippen LogP contribution >= 0.6 is 0 Å². The Hall–Kier alpha value is -2.13. The smallest absolute Gasteiger partial charge is 0.242 e. The van der Waals surface area contributed by atoms with Crippen molar-refractivity contribution in [3.8, 4) is 0 Å². The van der Waals surface area contributed by atoms with E-state index in [9.17, 15) is 9.18 Å². The minimum atomic E-state index is -0.343. The first-order valence-corrected chi connectivity index (χ1v) is 6.89. The molecule has 0 aliphatic carbocycles. The molecule has 112 valence electrons. The number of hydrogen-bond acceptors (Lipinski definition) is 3. The van der Waals surface area contributed by atoms with Gasteiger partial charge in [0.2, 0.25) is 12.5 Å². The maximum absolute atomic E-state index is 14.5. The van der Waals surface area contributed by atoms with E-state index in [0.29, 0.717) is 37.4 Å².